The van der Waals surface area contributed by atoms with E-state index >= 15 is 0 Å². The fraction of sp³-hybridized carbons (Fsp3) is 1.00. The lowest BCUT2D eigenvalue weighted by Crippen LogP contribution is -2.52. The Balaban J connectivity index is 2.33. The monoisotopic (exact) mass is 166 g/mol. The minimum atomic E-state index is 0.659. The van der Waals surface area contributed by atoms with Crippen LogP contribution in [0.5, 0.6) is 0 Å². The number of hydrogen-bond donors (Lipinski definition) is 0. The van der Waals surface area contributed by atoms with Crippen molar-refractivity contribution in [2.45, 2.75) is 47.5 Å². The first-order valence-corrected chi connectivity index (χ1v) is 5.42. The largest absolute Gasteiger partial charge is 0.0622 e. The smallest absolute Gasteiger partial charge is 0.0218 e. The van der Waals surface area contributed by atoms with Crippen molar-refractivity contribution in [2.75, 3.05) is 0 Å². The third-order valence-corrected chi connectivity index (χ3v) is 5.65. The summed E-state index contributed by atoms with van der Waals surface area (Å²) in [7, 11) is 0. The molecule has 0 heteroatoms. The molecule has 5 atom stereocenters. The van der Waals surface area contributed by atoms with Crippen LogP contribution in [0.2, 0.25) is 0 Å². The first-order valence-electron chi connectivity index (χ1n) is 5.42. The lowest BCUT2D eigenvalue weighted by molar-refractivity contribution is -0.108. The molecule has 0 amide bonds. The second kappa shape index (κ2) is 2.08. The summed E-state index contributed by atoms with van der Waals surface area (Å²) >= 11 is 0. The average Bonchev–Trinajstić information content (AvgIpc) is 2.11. The lowest BCUT2D eigenvalue weighted by Gasteiger charge is -2.59. The molecule has 2 saturated carbocycles. The second-order valence-corrected chi connectivity index (χ2v) is 5.92. The highest BCUT2D eigenvalue weighted by molar-refractivity contribution is 5.13. The van der Waals surface area contributed by atoms with Crippen LogP contribution in [0.1, 0.15) is 47.5 Å². The van der Waals surface area contributed by atoms with Crippen molar-refractivity contribution in [2.24, 2.45) is 28.6 Å². The van der Waals surface area contributed by atoms with E-state index in [1.54, 1.807) is 0 Å². The molecule has 0 nitrogen and oxygen atoms in total. The summed E-state index contributed by atoms with van der Waals surface area (Å²) in [6, 6.07) is 0. The highest BCUT2D eigenvalue weighted by atomic mass is 14.7. The van der Waals surface area contributed by atoms with E-state index in [0.717, 1.165) is 17.8 Å². The first kappa shape index (κ1) is 8.59. The van der Waals surface area contributed by atoms with Gasteiger partial charge in [0.25, 0.3) is 0 Å². The Morgan fingerprint density at radius 3 is 1.92 bits per heavy atom. The SMILES string of the molecule is CC1CC2(C)CC(C)C2(C)C1C. The maximum absolute atomic E-state index is 2.52. The third-order valence-electron chi connectivity index (χ3n) is 5.65. The quantitative estimate of drug-likeness (QED) is 0.514. The van der Waals surface area contributed by atoms with Crippen molar-refractivity contribution in [1.82, 2.24) is 0 Å². The molecule has 0 heterocycles. The molecule has 12 heavy (non-hydrogen) atoms. The molecule has 0 bridgehead atoms. The number of hydrogen-bond acceptors (Lipinski definition) is 0. The van der Waals surface area contributed by atoms with Gasteiger partial charge in [0.2, 0.25) is 0 Å². The van der Waals surface area contributed by atoms with Gasteiger partial charge in [-0.25, -0.2) is 0 Å². The molecule has 0 aliphatic heterocycles. The second-order valence-electron chi connectivity index (χ2n) is 5.92. The van der Waals surface area contributed by atoms with E-state index in [2.05, 4.69) is 34.6 Å². The standard InChI is InChI=1S/C12H22/c1-8-6-11(4)7-9(2)12(11,5)10(8)3/h8-10H,6-7H2,1-5H3. The fourth-order valence-electron chi connectivity index (χ4n) is 4.35. The van der Waals surface area contributed by atoms with Crippen molar-refractivity contribution >= 4 is 0 Å². The van der Waals surface area contributed by atoms with Crippen LogP contribution in [-0.2, 0) is 0 Å². The molecule has 0 aromatic carbocycles. The Hall–Kier alpha value is 0. The third kappa shape index (κ3) is 0.661. The van der Waals surface area contributed by atoms with E-state index < -0.39 is 0 Å². The van der Waals surface area contributed by atoms with Gasteiger partial charge in [-0.1, -0.05) is 34.6 Å². The van der Waals surface area contributed by atoms with Crippen LogP contribution >= 0.6 is 0 Å². The van der Waals surface area contributed by atoms with Crippen molar-refractivity contribution < 1.29 is 0 Å². The summed E-state index contributed by atoms with van der Waals surface area (Å²) < 4.78 is 0. The Labute approximate surface area is 76.7 Å². The van der Waals surface area contributed by atoms with Gasteiger partial charge < -0.3 is 0 Å². The molecule has 0 N–H and O–H groups in total. The van der Waals surface area contributed by atoms with Crippen LogP contribution in [0.3, 0.4) is 0 Å². The topological polar surface area (TPSA) is 0 Å². The van der Waals surface area contributed by atoms with E-state index in [9.17, 15) is 0 Å². The van der Waals surface area contributed by atoms with Crippen molar-refractivity contribution in [3.8, 4) is 0 Å². The Kier molecular flexibility index (Phi) is 1.49. The Morgan fingerprint density at radius 1 is 1.00 bits per heavy atom. The van der Waals surface area contributed by atoms with Crippen LogP contribution in [0.15, 0.2) is 0 Å². The maximum atomic E-state index is 2.52. The zero-order chi connectivity index (χ0) is 9.15. The minimum absolute atomic E-state index is 0.659. The maximum Gasteiger partial charge on any atom is -0.0218 e. The molecule has 0 spiro atoms. The predicted octanol–water partition coefficient (Wildman–Crippen LogP) is 3.71. The highest BCUT2D eigenvalue weighted by Crippen LogP contribution is 2.72. The van der Waals surface area contributed by atoms with Crippen LogP contribution < -0.4 is 0 Å². The van der Waals surface area contributed by atoms with E-state index in [-0.39, 0.29) is 0 Å². The van der Waals surface area contributed by atoms with Gasteiger partial charge in [0.15, 0.2) is 0 Å². The zero-order valence-corrected chi connectivity index (χ0v) is 9.15. The van der Waals surface area contributed by atoms with Crippen molar-refractivity contribution in [1.29, 1.82) is 0 Å². The van der Waals surface area contributed by atoms with E-state index in [1.165, 1.54) is 12.8 Å². The van der Waals surface area contributed by atoms with Crippen LogP contribution in [0.4, 0.5) is 0 Å². The summed E-state index contributed by atoms with van der Waals surface area (Å²) in [4.78, 5) is 0. The molecule has 2 aliphatic carbocycles. The average molecular weight is 166 g/mol. The fourth-order valence-corrected chi connectivity index (χ4v) is 4.35. The van der Waals surface area contributed by atoms with E-state index in [1.807, 2.05) is 0 Å². The lowest BCUT2D eigenvalue weighted by atomic mass is 9.45. The van der Waals surface area contributed by atoms with Gasteiger partial charge in [-0.05, 0) is 41.4 Å². The molecular formula is C12H22. The van der Waals surface area contributed by atoms with E-state index in [0.29, 0.717) is 10.8 Å². The normalized spacial score (nSPS) is 64.2. The molecule has 2 fully saturated rings. The summed E-state index contributed by atoms with van der Waals surface area (Å²) in [6.07, 6.45) is 2.94. The molecular weight excluding hydrogens is 144 g/mol. The van der Waals surface area contributed by atoms with Crippen molar-refractivity contribution in [3.05, 3.63) is 0 Å². The first-order chi connectivity index (χ1) is 5.42. The highest BCUT2D eigenvalue weighted by Gasteiger charge is 2.65. The van der Waals surface area contributed by atoms with Crippen LogP contribution in [0, 0.1) is 28.6 Å². The van der Waals surface area contributed by atoms with Gasteiger partial charge in [-0.3, -0.25) is 0 Å². The van der Waals surface area contributed by atoms with Gasteiger partial charge in [-0.15, -0.1) is 0 Å². The number of fused-ring (bicyclic) bond motifs is 1. The van der Waals surface area contributed by atoms with Gasteiger partial charge >= 0.3 is 0 Å². The molecule has 2 aliphatic rings. The van der Waals surface area contributed by atoms with E-state index in [4.69, 9.17) is 0 Å². The van der Waals surface area contributed by atoms with Crippen LogP contribution in [0.25, 0.3) is 0 Å². The summed E-state index contributed by atoms with van der Waals surface area (Å²) in [5.74, 6) is 2.85. The van der Waals surface area contributed by atoms with Gasteiger partial charge in [0.05, 0.1) is 0 Å². The minimum Gasteiger partial charge on any atom is -0.0622 e. The molecule has 0 radical (unpaired) electrons. The Bertz CT molecular complexity index is 208. The summed E-state index contributed by atoms with van der Waals surface area (Å²) in [5.41, 5.74) is 1.34. The molecule has 0 saturated heterocycles. The summed E-state index contributed by atoms with van der Waals surface area (Å²) in [6.45, 7) is 12.4. The van der Waals surface area contributed by atoms with Crippen molar-refractivity contribution in [3.63, 3.8) is 0 Å². The van der Waals surface area contributed by atoms with Gasteiger partial charge in [0, 0.05) is 0 Å². The van der Waals surface area contributed by atoms with Gasteiger partial charge in [-0.2, -0.15) is 0 Å². The number of rotatable bonds is 0. The molecule has 0 aromatic heterocycles. The predicted molar refractivity (Wildman–Crippen MR) is 52.9 cm³/mol. The molecule has 0 aromatic rings. The molecule has 2 rings (SSSR count). The van der Waals surface area contributed by atoms with Gasteiger partial charge in [0.1, 0.15) is 0 Å². The summed E-state index contributed by atoms with van der Waals surface area (Å²) in [5, 5.41) is 0. The Morgan fingerprint density at radius 2 is 1.58 bits per heavy atom. The van der Waals surface area contributed by atoms with Crippen LogP contribution in [-0.4, -0.2) is 0 Å². The molecule has 5 unspecified atom stereocenters. The molecule has 70 valence electrons. The zero-order valence-electron chi connectivity index (χ0n) is 9.15.